The first kappa shape index (κ1) is 10.7. The Morgan fingerprint density at radius 2 is 2.00 bits per heavy atom. The van der Waals surface area contributed by atoms with Crippen LogP contribution >= 0.6 is 11.8 Å². The highest BCUT2D eigenvalue weighted by Crippen LogP contribution is 2.43. The summed E-state index contributed by atoms with van der Waals surface area (Å²) in [6.07, 6.45) is 5.02. The fourth-order valence-corrected chi connectivity index (χ4v) is 2.62. The van der Waals surface area contributed by atoms with E-state index >= 15 is 0 Å². The van der Waals surface area contributed by atoms with Crippen molar-refractivity contribution in [2.75, 3.05) is 6.26 Å². The van der Waals surface area contributed by atoms with Gasteiger partial charge < -0.3 is 0 Å². The Hall–Kier alpha value is -0.760. The molecule has 0 saturated heterocycles. The van der Waals surface area contributed by atoms with E-state index in [4.69, 9.17) is 0 Å². The van der Waals surface area contributed by atoms with E-state index in [1.165, 1.54) is 30.2 Å². The second-order valence-electron chi connectivity index (χ2n) is 4.23. The van der Waals surface area contributed by atoms with Gasteiger partial charge in [-0.15, -0.1) is 0 Å². The van der Waals surface area contributed by atoms with Crippen molar-refractivity contribution in [1.82, 2.24) is 0 Å². The first-order valence-electron chi connectivity index (χ1n) is 5.41. The lowest BCUT2D eigenvalue weighted by Gasteiger charge is -2.35. The largest absolute Gasteiger partial charge is 0.287 e. The molecule has 0 heterocycles. The summed E-state index contributed by atoms with van der Waals surface area (Å²) >= 11 is 1.36. The minimum absolute atomic E-state index is 0.339. The topological polar surface area (TPSA) is 17.1 Å². The molecule has 1 fully saturated rings. The number of benzene rings is 1. The van der Waals surface area contributed by atoms with E-state index in [9.17, 15) is 4.79 Å². The molecule has 1 aliphatic carbocycles. The van der Waals surface area contributed by atoms with Crippen LogP contribution in [0.3, 0.4) is 0 Å². The normalized spacial score (nSPS) is 24.6. The fourth-order valence-electron chi connectivity index (χ4n) is 2.22. The van der Waals surface area contributed by atoms with E-state index in [0.29, 0.717) is 17.0 Å². The monoisotopic (exact) mass is 220 g/mol. The maximum absolute atomic E-state index is 11.2. The lowest BCUT2D eigenvalue weighted by Crippen LogP contribution is -2.23. The van der Waals surface area contributed by atoms with Crippen LogP contribution in [0, 0.1) is 5.92 Å². The van der Waals surface area contributed by atoms with Crippen molar-refractivity contribution in [3.8, 4) is 0 Å². The molecule has 0 spiro atoms. The zero-order valence-corrected chi connectivity index (χ0v) is 9.80. The van der Waals surface area contributed by atoms with Crippen molar-refractivity contribution in [1.29, 1.82) is 0 Å². The highest BCUT2D eigenvalue weighted by molar-refractivity contribution is 8.13. The van der Waals surface area contributed by atoms with Gasteiger partial charge in [-0.3, -0.25) is 4.79 Å². The predicted octanol–water partition coefficient (Wildman–Crippen LogP) is 3.46. The first-order valence-corrected chi connectivity index (χ1v) is 6.64. The molecule has 2 rings (SSSR count). The number of hydrogen-bond donors (Lipinski definition) is 0. The fraction of sp³-hybridized carbons (Fsp3) is 0.462. The van der Waals surface area contributed by atoms with E-state index in [2.05, 4.69) is 30.3 Å². The van der Waals surface area contributed by atoms with Crippen molar-refractivity contribution in [2.24, 2.45) is 5.92 Å². The van der Waals surface area contributed by atoms with E-state index in [1.807, 2.05) is 6.26 Å². The lowest BCUT2D eigenvalue weighted by molar-refractivity contribution is -0.112. The van der Waals surface area contributed by atoms with Gasteiger partial charge in [-0.25, -0.2) is 0 Å². The summed E-state index contributed by atoms with van der Waals surface area (Å²) in [5.41, 5.74) is 1.44. The molecule has 0 radical (unpaired) electrons. The second kappa shape index (κ2) is 4.84. The predicted molar refractivity (Wildman–Crippen MR) is 65.0 cm³/mol. The van der Waals surface area contributed by atoms with Gasteiger partial charge in [0.25, 0.3) is 0 Å². The number of rotatable bonds is 3. The van der Waals surface area contributed by atoms with Gasteiger partial charge >= 0.3 is 0 Å². The highest BCUT2D eigenvalue weighted by atomic mass is 32.2. The van der Waals surface area contributed by atoms with Crippen LogP contribution in [-0.2, 0) is 4.79 Å². The molecule has 0 N–H and O–H groups in total. The third kappa shape index (κ3) is 2.63. The summed E-state index contributed by atoms with van der Waals surface area (Å²) in [4.78, 5) is 11.2. The minimum Gasteiger partial charge on any atom is -0.287 e. The van der Waals surface area contributed by atoms with Gasteiger partial charge in [-0.05, 0) is 36.5 Å². The van der Waals surface area contributed by atoms with Crippen molar-refractivity contribution in [3.63, 3.8) is 0 Å². The SMILES string of the molecule is CSC(=O)CC1CC(c2ccccc2)C1. The molecule has 0 amide bonds. The van der Waals surface area contributed by atoms with Crippen molar-refractivity contribution in [2.45, 2.75) is 25.2 Å². The van der Waals surface area contributed by atoms with Crippen molar-refractivity contribution < 1.29 is 4.79 Å². The maximum atomic E-state index is 11.2. The molecule has 1 aliphatic rings. The Labute approximate surface area is 95.3 Å². The Balaban J connectivity index is 1.81. The van der Waals surface area contributed by atoms with E-state index in [0.717, 1.165) is 6.42 Å². The van der Waals surface area contributed by atoms with E-state index in [-0.39, 0.29) is 0 Å². The molecular formula is C13H16OS. The van der Waals surface area contributed by atoms with Crippen LogP contribution < -0.4 is 0 Å². The van der Waals surface area contributed by atoms with Crippen LogP contribution in [-0.4, -0.2) is 11.4 Å². The quantitative estimate of drug-likeness (QED) is 0.776. The van der Waals surface area contributed by atoms with Crippen molar-refractivity contribution in [3.05, 3.63) is 35.9 Å². The lowest BCUT2D eigenvalue weighted by atomic mass is 9.70. The molecule has 0 aromatic heterocycles. The zero-order valence-electron chi connectivity index (χ0n) is 8.98. The third-order valence-electron chi connectivity index (χ3n) is 3.19. The Bertz CT molecular complexity index is 328. The van der Waals surface area contributed by atoms with E-state index < -0.39 is 0 Å². The number of hydrogen-bond acceptors (Lipinski definition) is 2. The van der Waals surface area contributed by atoms with Gasteiger partial charge in [-0.1, -0.05) is 42.1 Å². The van der Waals surface area contributed by atoms with E-state index in [1.54, 1.807) is 0 Å². The average molecular weight is 220 g/mol. The average Bonchev–Trinajstić information content (AvgIpc) is 2.23. The summed E-state index contributed by atoms with van der Waals surface area (Å²) in [5.74, 6) is 1.33. The standard InChI is InChI=1S/C13H16OS/c1-15-13(14)9-10-7-12(8-10)11-5-3-2-4-6-11/h2-6,10,12H,7-9H2,1H3. The molecule has 0 aliphatic heterocycles. The molecule has 0 atom stereocenters. The second-order valence-corrected chi connectivity index (χ2v) is 5.09. The summed E-state index contributed by atoms with van der Waals surface area (Å²) in [6, 6.07) is 10.6. The van der Waals surface area contributed by atoms with Crippen LogP contribution in [0.4, 0.5) is 0 Å². The van der Waals surface area contributed by atoms with Crippen LogP contribution in [0.2, 0.25) is 0 Å². The van der Waals surface area contributed by atoms with Crippen molar-refractivity contribution >= 4 is 16.9 Å². The summed E-state index contributed by atoms with van der Waals surface area (Å²) in [7, 11) is 0. The van der Waals surface area contributed by atoms with Gasteiger partial charge in [0.15, 0.2) is 5.12 Å². The summed E-state index contributed by atoms with van der Waals surface area (Å²) in [5, 5.41) is 0.339. The Kier molecular flexibility index (Phi) is 3.47. The molecular weight excluding hydrogens is 204 g/mol. The van der Waals surface area contributed by atoms with Crippen LogP contribution in [0.15, 0.2) is 30.3 Å². The molecule has 1 nitrogen and oxygen atoms in total. The number of thioether (sulfide) groups is 1. The summed E-state index contributed by atoms with van der Waals surface area (Å²) < 4.78 is 0. The summed E-state index contributed by atoms with van der Waals surface area (Å²) in [6.45, 7) is 0. The Morgan fingerprint density at radius 1 is 1.33 bits per heavy atom. The highest BCUT2D eigenvalue weighted by Gasteiger charge is 2.31. The molecule has 15 heavy (non-hydrogen) atoms. The molecule has 1 aromatic rings. The first-order chi connectivity index (χ1) is 7.29. The molecule has 1 saturated carbocycles. The minimum atomic E-state index is 0.339. The van der Waals surface area contributed by atoms with Gasteiger partial charge in [0, 0.05) is 6.42 Å². The third-order valence-corrected chi connectivity index (χ3v) is 3.81. The van der Waals surface area contributed by atoms with Gasteiger partial charge in [0.2, 0.25) is 0 Å². The molecule has 0 bridgehead atoms. The van der Waals surface area contributed by atoms with Gasteiger partial charge in [0.05, 0.1) is 0 Å². The number of carbonyl (C=O) groups excluding carboxylic acids is 1. The zero-order chi connectivity index (χ0) is 10.7. The van der Waals surface area contributed by atoms with Crippen LogP contribution in [0.25, 0.3) is 0 Å². The smallest absolute Gasteiger partial charge is 0.188 e. The van der Waals surface area contributed by atoms with Gasteiger partial charge in [0.1, 0.15) is 0 Å². The Morgan fingerprint density at radius 3 is 2.60 bits per heavy atom. The van der Waals surface area contributed by atoms with Crippen LogP contribution in [0.1, 0.15) is 30.7 Å². The molecule has 2 heteroatoms. The van der Waals surface area contributed by atoms with Crippen LogP contribution in [0.5, 0.6) is 0 Å². The molecule has 80 valence electrons. The maximum Gasteiger partial charge on any atom is 0.188 e. The number of carbonyl (C=O) groups is 1. The van der Waals surface area contributed by atoms with Gasteiger partial charge in [-0.2, -0.15) is 0 Å². The molecule has 1 aromatic carbocycles. The molecule has 0 unspecified atom stereocenters.